The summed E-state index contributed by atoms with van der Waals surface area (Å²) in [5, 5.41) is 0. The zero-order valence-electron chi connectivity index (χ0n) is 15.7. The summed E-state index contributed by atoms with van der Waals surface area (Å²) in [6.45, 7) is 3.84. The molecule has 0 spiro atoms. The smallest absolute Gasteiger partial charge is 0.126 e. The maximum atomic E-state index is 5.46. The number of allylic oxidation sites excluding steroid dienone is 8. The van der Waals surface area contributed by atoms with Crippen LogP contribution in [0.1, 0.15) is 24.0 Å². The Morgan fingerprint density at radius 3 is 2.70 bits per heavy atom. The van der Waals surface area contributed by atoms with Gasteiger partial charge in [-0.15, -0.1) is 12.8 Å². The van der Waals surface area contributed by atoms with Crippen LogP contribution in [0.4, 0.5) is 0 Å². The topological polar surface area (TPSA) is 25.8 Å². The minimum atomic E-state index is 0.708. The van der Waals surface area contributed by atoms with Crippen LogP contribution in [0.2, 0.25) is 0 Å². The minimum absolute atomic E-state index is 0.708. The SMILES string of the molecule is C#C/C=C\C=C/Cc1cccc(-c2cc(C(/C=C\C)=C/C#C)nc(C)n2)c1. The highest BCUT2D eigenvalue weighted by molar-refractivity contribution is 5.76. The van der Waals surface area contributed by atoms with Gasteiger partial charge in [0.2, 0.25) is 0 Å². The highest BCUT2D eigenvalue weighted by Crippen LogP contribution is 2.23. The molecule has 1 aromatic carbocycles. The van der Waals surface area contributed by atoms with E-state index in [0.717, 1.165) is 28.9 Å². The zero-order valence-corrected chi connectivity index (χ0v) is 15.7. The summed E-state index contributed by atoms with van der Waals surface area (Å²) in [7, 11) is 0. The third-order valence-electron chi connectivity index (χ3n) is 3.73. The third-order valence-corrected chi connectivity index (χ3v) is 3.73. The second kappa shape index (κ2) is 10.4. The van der Waals surface area contributed by atoms with E-state index < -0.39 is 0 Å². The van der Waals surface area contributed by atoms with Gasteiger partial charge in [-0.25, -0.2) is 9.97 Å². The number of terminal acetylenes is 2. The molecule has 0 N–H and O–H groups in total. The number of nitrogens with zero attached hydrogens (tertiary/aromatic N) is 2. The van der Waals surface area contributed by atoms with Crippen molar-refractivity contribution >= 4 is 5.57 Å². The highest BCUT2D eigenvalue weighted by Gasteiger charge is 2.07. The number of hydrogen-bond donors (Lipinski definition) is 0. The van der Waals surface area contributed by atoms with Gasteiger partial charge in [0.15, 0.2) is 0 Å². The molecule has 0 radical (unpaired) electrons. The molecule has 0 unspecified atom stereocenters. The number of benzene rings is 1. The molecular formula is C25H22N2. The quantitative estimate of drug-likeness (QED) is 0.519. The van der Waals surface area contributed by atoms with E-state index in [1.807, 2.05) is 50.3 Å². The molecule has 2 nitrogen and oxygen atoms in total. The summed E-state index contributed by atoms with van der Waals surface area (Å²) in [6, 6.07) is 10.3. The van der Waals surface area contributed by atoms with Gasteiger partial charge in [-0.3, -0.25) is 0 Å². The minimum Gasteiger partial charge on any atom is -0.233 e. The molecule has 0 fully saturated rings. The Balaban J connectivity index is 2.36. The molecule has 0 aliphatic carbocycles. The van der Waals surface area contributed by atoms with Crippen molar-refractivity contribution < 1.29 is 0 Å². The van der Waals surface area contributed by atoms with Gasteiger partial charge in [0, 0.05) is 11.1 Å². The van der Waals surface area contributed by atoms with Gasteiger partial charge in [-0.1, -0.05) is 60.4 Å². The van der Waals surface area contributed by atoms with Crippen molar-refractivity contribution in [1.29, 1.82) is 0 Å². The Bertz CT molecular complexity index is 990. The van der Waals surface area contributed by atoms with Gasteiger partial charge in [-0.05, 0) is 50.1 Å². The highest BCUT2D eigenvalue weighted by atomic mass is 14.9. The fourth-order valence-electron chi connectivity index (χ4n) is 2.59. The normalized spacial score (nSPS) is 11.9. The Hall–Kier alpha value is -3.62. The summed E-state index contributed by atoms with van der Waals surface area (Å²) < 4.78 is 0. The average molecular weight is 350 g/mol. The third kappa shape index (κ3) is 5.99. The predicted octanol–water partition coefficient (Wildman–Crippen LogP) is 5.33. The summed E-state index contributed by atoms with van der Waals surface area (Å²) in [6.07, 6.45) is 24.6. The van der Waals surface area contributed by atoms with Crippen LogP contribution in [0, 0.1) is 31.6 Å². The van der Waals surface area contributed by atoms with E-state index >= 15 is 0 Å². The van der Waals surface area contributed by atoms with Crippen molar-refractivity contribution in [1.82, 2.24) is 9.97 Å². The first-order valence-electron chi connectivity index (χ1n) is 8.70. The largest absolute Gasteiger partial charge is 0.233 e. The fraction of sp³-hybridized carbons (Fsp3) is 0.120. The molecule has 0 bridgehead atoms. The Morgan fingerprint density at radius 1 is 1.11 bits per heavy atom. The number of aromatic nitrogens is 2. The van der Waals surface area contributed by atoms with E-state index in [1.54, 1.807) is 12.2 Å². The van der Waals surface area contributed by atoms with E-state index in [0.29, 0.717) is 5.82 Å². The molecule has 0 saturated heterocycles. The number of rotatable bonds is 6. The molecule has 1 aromatic heterocycles. The van der Waals surface area contributed by atoms with Crippen LogP contribution in [0.5, 0.6) is 0 Å². The Morgan fingerprint density at radius 2 is 1.96 bits per heavy atom. The monoisotopic (exact) mass is 350 g/mol. The van der Waals surface area contributed by atoms with Crippen molar-refractivity contribution in [3.05, 3.63) is 89.9 Å². The van der Waals surface area contributed by atoms with Crippen LogP contribution in [0.3, 0.4) is 0 Å². The van der Waals surface area contributed by atoms with Gasteiger partial charge in [0.1, 0.15) is 5.82 Å². The second-order valence-corrected chi connectivity index (χ2v) is 5.81. The molecule has 0 aliphatic heterocycles. The fourth-order valence-corrected chi connectivity index (χ4v) is 2.59. The summed E-state index contributed by atoms with van der Waals surface area (Å²) in [5.41, 5.74) is 4.84. The lowest BCUT2D eigenvalue weighted by atomic mass is 10.0. The van der Waals surface area contributed by atoms with Crippen LogP contribution in [0.15, 0.2) is 72.9 Å². The maximum Gasteiger partial charge on any atom is 0.126 e. The summed E-state index contributed by atoms with van der Waals surface area (Å²) in [4.78, 5) is 9.14. The molecule has 0 aliphatic rings. The van der Waals surface area contributed by atoms with Crippen molar-refractivity contribution in [2.75, 3.05) is 0 Å². The average Bonchev–Trinajstić information content (AvgIpc) is 2.67. The second-order valence-electron chi connectivity index (χ2n) is 5.81. The lowest BCUT2D eigenvalue weighted by molar-refractivity contribution is 1.04. The Labute approximate surface area is 162 Å². The molecular weight excluding hydrogens is 328 g/mol. The maximum absolute atomic E-state index is 5.46. The van der Waals surface area contributed by atoms with Crippen LogP contribution in [0.25, 0.3) is 16.8 Å². The van der Waals surface area contributed by atoms with Crippen molar-refractivity contribution in [2.45, 2.75) is 20.3 Å². The molecule has 0 saturated carbocycles. The predicted molar refractivity (Wildman–Crippen MR) is 115 cm³/mol. The van der Waals surface area contributed by atoms with E-state index in [1.165, 1.54) is 5.56 Å². The van der Waals surface area contributed by atoms with E-state index in [-0.39, 0.29) is 0 Å². The van der Waals surface area contributed by atoms with E-state index in [2.05, 4.69) is 46.1 Å². The van der Waals surface area contributed by atoms with E-state index in [4.69, 9.17) is 12.8 Å². The van der Waals surface area contributed by atoms with Crippen LogP contribution in [-0.4, -0.2) is 9.97 Å². The summed E-state index contributed by atoms with van der Waals surface area (Å²) in [5.74, 6) is 5.75. The van der Waals surface area contributed by atoms with Crippen LogP contribution >= 0.6 is 0 Å². The molecule has 27 heavy (non-hydrogen) atoms. The van der Waals surface area contributed by atoms with Crippen LogP contribution in [-0.2, 0) is 6.42 Å². The molecule has 2 heteroatoms. The molecule has 0 atom stereocenters. The lowest BCUT2D eigenvalue weighted by Crippen LogP contribution is -1.97. The summed E-state index contributed by atoms with van der Waals surface area (Å²) >= 11 is 0. The zero-order chi connectivity index (χ0) is 19.5. The molecule has 0 amide bonds. The van der Waals surface area contributed by atoms with Gasteiger partial charge in [0.05, 0.1) is 11.4 Å². The van der Waals surface area contributed by atoms with E-state index in [9.17, 15) is 0 Å². The van der Waals surface area contributed by atoms with Crippen molar-refractivity contribution in [2.24, 2.45) is 0 Å². The van der Waals surface area contributed by atoms with Gasteiger partial charge >= 0.3 is 0 Å². The Kier molecular flexibility index (Phi) is 7.58. The molecule has 2 aromatic rings. The molecule has 1 heterocycles. The van der Waals surface area contributed by atoms with Crippen molar-refractivity contribution in [3.63, 3.8) is 0 Å². The van der Waals surface area contributed by atoms with Gasteiger partial charge in [0.25, 0.3) is 0 Å². The first kappa shape index (κ1) is 19.7. The lowest BCUT2D eigenvalue weighted by Gasteiger charge is -2.08. The van der Waals surface area contributed by atoms with Crippen LogP contribution < -0.4 is 0 Å². The molecule has 132 valence electrons. The number of hydrogen-bond acceptors (Lipinski definition) is 2. The van der Waals surface area contributed by atoms with Crippen molar-refractivity contribution in [3.8, 4) is 35.9 Å². The number of aryl methyl sites for hydroxylation is 1. The standard InChI is InChI=1S/C25H22N2/c1-5-8-9-10-11-15-21-16-12-17-23(18-21)25-19-24(26-20(4)27-25)22(13-6-2)14-7-3/h1-2,7-14,16-19H,15H2,3-4H3/b9-8-,11-10-,14-7-,22-13+. The van der Waals surface area contributed by atoms with Gasteiger partial charge in [-0.2, -0.15) is 0 Å². The first-order valence-corrected chi connectivity index (χ1v) is 8.70. The molecule has 2 rings (SSSR count). The van der Waals surface area contributed by atoms with Gasteiger partial charge < -0.3 is 0 Å². The first-order chi connectivity index (χ1) is 13.2.